The third kappa shape index (κ3) is 1.99. The molecule has 1 aromatic rings. The Kier molecular flexibility index (Phi) is 2.95. The highest BCUT2D eigenvalue weighted by Crippen LogP contribution is 2.25. The normalized spacial score (nSPS) is 20.7. The van der Waals surface area contributed by atoms with Crippen molar-refractivity contribution >= 4 is 16.3 Å². The number of hydrogen-bond donors (Lipinski definition) is 1. The van der Waals surface area contributed by atoms with Gasteiger partial charge in [0.25, 0.3) is 0 Å². The molecule has 0 fully saturated rings. The summed E-state index contributed by atoms with van der Waals surface area (Å²) in [5.74, 6) is 0.622. The van der Waals surface area contributed by atoms with Gasteiger partial charge in [-0.2, -0.15) is 0 Å². The first-order chi connectivity index (χ1) is 7.22. The molecule has 0 saturated heterocycles. The van der Waals surface area contributed by atoms with Crippen molar-refractivity contribution in [3.05, 3.63) is 23.8 Å². The lowest BCUT2D eigenvalue weighted by atomic mass is 10.2. The minimum atomic E-state index is -1.57. The van der Waals surface area contributed by atoms with Crippen molar-refractivity contribution in [3.8, 4) is 5.75 Å². The second-order valence-corrected chi connectivity index (χ2v) is 4.65. The number of ether oxygens (including phenoxy) is 1. The lowest BCUT2D eigenvalue weighted by molar-refractivity contribution is -0.111. The van der Waals surface area contributed by atoms with E-state index >= 15 is 0 Å². The predicted octanol–water partition coefficient (Wildman–Crippen LogP) is 0.433. The van der Waals surface area contributed by atoms with Crippen LogP contribution in [0.25, 0.3) is 0 Å². The van der Waals surface area contributed by atoms with Crippen LogP contribution in [0.3, 0.4) is 0 Å². The van der Waals surface area contributed by atoms with E-state index in [0.717, 1.165) is 5.56 Å². The van der Waals surface area contributed by atoms with Gasteiger partial charge in [-0.15, -0.1) is 0 Å². The first-order valence-electron chi connectivity index (χ1n) is 4.54. The number of carbonyl (C=O) groups excluding carboxylic acids is 1. The summed E-state index contributed by atoms with van der Waals surface area (Å²) in [6, 6.07) is 5.29. The van der Waals surface area contributed by atoms with Gasteiger partial charge in [0.2, 0.25) is 0 Å². The third-order valence-corrected chi connectivity index (χ3v) is 3.60. The summed E-state index contributed by atoms with van der Waals surface area (Å²) >= 11 is -1.57. The Balaban J connectivity index is 2.45. The van der Waals surface area contributed by atoms with E-state index in [1.54, 1.807) is 19.2 Å². The molecular formula is C10H11NO3S. The minimum absolute atomic E-state index is 0.156. The highest BCUT2D eigenvalue weighted by molar-refractivity contribution is 8.06. The number of rotatable bonds is 1. The zero-order valence-electron chi connectivity index (χ0n) is 8.28. The fourth-order valence-corrected chi connectivity index (χ4v) is 2.55. The van der Waals surface area contributed by atoms with Crippen LogP contribution in [0.4, 0.5) is 0 Å². The minimum Gasteiger partial charge on any atom is -0.604 e. The Morgan fingerprint density at radius 2 is 2.27 bits per heavy atom. The Labute approximate surface area is 90.8 Å². The summed E-state index contributed by atoms with van der Waals surface area (Å²) < 4.78 is 16.8. The fourth-order valence-electron chi connectivity index (χ4n) is 1.47. The molecule has 0 aromatic heterocycles. The van der Waals surface area contributed by atoms with E-state index in [9.17, 15) is 9.35 Å². The molecular weight excluding hydrogens is 214 g/mol. The van der Waals surface area contributed by atoms with E-state index in [4.69, 9.17) is 4.74 Å². The number of hydrogen-bond acceptors (Lipinski definition) is 4. The van der Waals surface area contributed by atoms with Gasteiger partial charge >= 0.3 is 5.12 Å². The maximum atomic E-state index is 11.8. The van der Waals surface area contributed by atoms with Crippen molar-refractivity contribution in [3.63, 3.8) is 0 Å². The predicted molar refractivity (Wildman–Crippen MR) is 56.1 cm³/mol. The monoisotopic (exact) mass is 225 g/mol. The van der Waals surface area contributed by atoms with Crippen molar-refractivity contribution in [2.75, 3.05) is 13.7 Å². The zero-order valence-corrected chi connectivity index (χ0v) is 9.10. The van der Waals surface area contributed by atoms with Crippen LogP contribution >= 0.6 is 0 Å². The van der Waals surface area contributed by atoms with Crippen molar-refractivity contribution < 1.29 is 14.1 Å². The number of fused-ring (bicyclic) bond motifs is 1. The van der Waals surface area contributed by atoms with Crippen LogP contribution in [0.2, 0.25) is 0 Å². The van der Waals surface area contributed by atoms with Crippen LogP contribution < -0.4 is 10.1 Å². The molecule has 2 rings (SSSR count). The first-order valence-corrected chi connectivity index (χ1v) is 5.69. The van der Waals surface area contributed by atoms with Gasteiger partial charge in [0.1, 0.15) is 12.3 Å². The topological polar surface area (TPSA) is 61.4 Å². The van der Waals surface area contributed by atoms with Crippen LogP contribution in [0.15, 0.2) is 23.1 Å². The van der Waals surface area contributed by atoms with Crippen molar-refractivity contribution in [2.24, 2.45) is 0 Å². The molecule has 0 amide bonds. The molecule has 0 spiro atoms. The van der Waals surface area contributed by atoms with Crippen LogP contribution in [-0.4, -0.2) is 23.3 Å². The Bertz CT molecular complexity index is 394. The van der Waals surface area contributed by atoms with Crippen LogP contribution in [0.5, 0.6) is 5.75 Å². The van der Waals surface area contributed by atoms with E-state index in [1.165, 1.54) is 0 Å². The van der Waals surface area contributed by atoms with E-state index < -0.39 is 11.2 Å². The molecule has 15 heavy (non-hydrogen) atoms. The molecule has 1 heterocycles. The molecule has 1 N–H and O–H groups in total. The summed E-state index contributed by atoms with van der Waals surface area (Å²) in [5.41, 5.74) is 0.889. The SMILES string of the molecule is COc1ccc2c(c1)[S+]([O-])C(=O)CNC2. The second kappa shape index (κ2) is 4.22. The lowest BCUT2D eigenvalue weighted by Gasteiger charge is -2.09. The molecule has 5 heteroatoms. The highest BCUT2D eigenvalue weighted by Gasteiger charge is 2.28. The maximum Gasteiger partial charge on any atom is 0.348 e. The van der Waals surface area contributed by atoms with E-state index in [0.29, 0.717) is 17.2 Å². The van der Waals surface area contributed by atoms with Gasteiger partial charge in [0.15, 0.2) is 4.90 Å². The first kappa shape index (κ1) is 10.5. The van der Waals surface area contributed by atoms with Crippen LogP contribution in [-0.2, 0) is 22.5 Å². The fraction of sp³-hybridized carbons (Fsp3) is 0.300. The van der Waals surface area contributed by atoms with Crippen LogP contribution in [0, 0.1) is 0 Å². The molecule has 0 saturated carbocycles. The summed E-state index contributed by atoms with van der Waals surface area (Å²) in [6.07, 6.45) is 0. The van der Waals surface area contributed by atoms with Crippen LogP contribution in [0.1, 0.15) is 5.56 Å². The molecule has 1 aliphatic heterocycles. The summed E-state index contributed by atoms with van der Waals surface area (Å²) in [4.78, 5) is 11.9. The molecule has 1 atom stereocenters. The molecule has 1 aliphatic rings. The van der Waals surface area contributed by atoms with E-state index in [-0.39, 0.29) is 11.7 Å². The molecule has 80 valence electrons. The quantitative estimate of drug-likeness (QED) is 0.704. The number of benzene rings is 1. The van der Waals surface area contributed by atoms with Crippen molar-refractivity contribution in [1.29, 1.82) is 0 Å². The average Bonchev–Trinajstić information content (AvgIpc) is 2.40. The maximum absolute atomic E-state index is 11.8. The van der Waals surface area contributed by atoms with E-state index in [1.807, 2.05) is 6.07 Å². The zero-order chi connectivity index (χ0) is 10.8. The van der Waals surface area contributed by atoms with Crippen molar-refractivity contribution in [2.45, 2.75) is 11.4 Å². The van der Waals surface area contributed by atoms with Gasteiger partial charge in [0.05, 0.1) is 18.3 Å². The molecule has 0 bridgehead atoms. The smallest absolute Gasteiger partial charge is 0.348 e. The van der Waals surface area contributed by atoms with Gasteiger partial charge < -0.3 is 14.6 Å². The van der Waals surface area contributed by atoms with Crippen molar-refractivity contribution in [1.82, 2.24) is 5.32 Å². The van der Waals surface area contributed by atoms with Gasteiger partial charge in [-0.05, 0) is 12.1 Å². The lowest BCUT2D eigenvalue weighted by Crippen LogP contribution is -2.24. The number of methoxy groups -OCH3 is 1. The van der Waals surface area contributed by atoms with Gasteiger partial charge in [-0.1, -0.05) is 0 Å². The highest BCUT2D eigenvalue weighted by atomic mass is 32.2. The Morgan fingerprint density at radius 3 is 3.00 bits per heavy atom. The Morgan fingerprint density at radius 1 is 1.47 bits per heavy atom. The largest absolute Gasteiger partial charge is 0.604 e. The summed E-state index contributed by atoms with van der Waals surface area (Å²) in [6.45, 7) is 0.723. The summed E-state index contributed by atoms with van der Waals surface area (Å²) in [7, 11) is 1.54. The standard InChI is InChI=1S/C10H11NO3S/c1-14-8-3-2-7-5-11-6-10(12)15(13)9(7)4-8/h2-4,11H,5-6H2,1H3. The summed E-state index contributed by atoms with van der Waals surface area (Å²) in [5, 5.41) is 2.65. The van der Waals surface area contributed by atoms with E-state index in [2.05, 4.69) is 5.32 Å². The molecule has 1 aromatic carbocycles. The van der Waals surface area contributed by atoms with Gasteiger partial charge in [-0.3, -0.25) is 0 Å². The molecule has 4 nitrogen and oxygen atoms in total. The third-order valence-electron chi connectivity index (χ3n) is 2.27. The van der Waals surface area contributed by atoms with Gasteiger partial charge in [0, 0.05) is 18.2 Å². The second-order valence-electron chi connectivity index (χ2n) is 3.22. The molecule has 0 radical (unpaired) electrons. The Hall–Kier alpha value is -1.04. The van der Waals surface area contributed by atoms with Gasteiger partial charge in [-0.25, -0.2) is 4.79 Å². The number of carbonyl (C=O) groups is 1. The average molecular weight is 225 g/mol. The number of nitrogens with one attached hydrogen (secondary N) is 1. The molecule has 1 unspecified atom stereocenters. The molecule has 0 aliphatic carbocycles.